The Kier molecular flexibility index (Phi) is 5.53. The Balaban J connectivity index is 2.04. The standard InChI is InChI=1S/C16H24FN3O/c1-3-9-18-15-14(17)13(8-10-19-15)16(21)20-11(2)12-6-4-5-7-12/h8,10-12H,3-7,9H2,1-2H3,(H,18,19)(H,20,21). The Bertz CT molecular complexity index is 486. The van der Waals surface area contributed by atoms with Crippen molar-refractivity contribution in [2.45, 2.75) is 52.0 Å². The van der Waals surface area contributed by atoms with E-state index in [0.29, 0.717) is 12.5 Å². The normalized spacial score (nSPS) is 16.7. The molecular formula is C16H24FN3O. The minimum Gasteiger partial charge on any atom is -0.368 e. The molecule has 2 N–H and O–H groups in total. The van der Waals surface area contributed by atoms with E-state index in [9.17, 15) is 9.18 Å². The predicted octanol–water partition coefficient (Wildman–Crippen LogP) is 3.35. The Morgan fingerprint density at radius 2 is 2.19 bits per heavy atom. The highest BCUT2D eigenvalue weighted by atomic mass is 19.1. The van der Waals surface area contributed by atoms with Crippen molar-refractivity contribution in [1.82, 2.24) is 10.3 Å². The molecule has 1 fully saturated rings. The van der Waals surface area contributed by atoms with E-state index < -0.39 is 5.82 Å². The molecule has 2 rings (SSSR count). The van der Waals surface area contributed by atoms with Crippen molar-refractivity contribution in [2.24, 2.45) is 5.92 Å². The van der Waals surface area contributed by atoms with Gasteiger partial charge in [-0.3, -0.25) is 4.79 Å². The quantitative estimate of drug-likeness (QED) is 0.845. The molecule has 0 saturated heterocycles. The van der Waals surface area contributed by atoms with Gasteiger partial charge in [-0.05, 0) is 38.2 Å². The fraction of sp³-hybridized carbons (Fsp3) is 0.625. The molecule has 1 atom stereocenters. The van der Waals surface area contributed by atoms with E-state index in [-0.39, 0.29) is 23.3 Å². The van der Waals surface area contributed by atoms with Crippen molar-refractivity contribution < 1.29 is 9.18 Å². The Morgan fingerprint density at radius 3 is 2.86 bits per heavy atom. The van der Waals surface area contributed by atoms with Gasteiger partial charge in [-0.25, -0.2) is 9.37 Å². The number of carbonyl (C=O) groups excluding carboxylic acids is 1. The van der Waals surface area contributed by atoms with Crippen LogP contribution in [0.1, 0.15) is 56.3 Å². The molecule has 1 saturated carbocycles. The summed E-state index contributed by atoms with van der Waals surface area (Å²) in [4.78, 5) is 16.2. The number of nitrogens with zero attached hydrogens (tertiary/aromatic N) is 1. The van der Waals surface area contributed by atoms with Crippen LogP contribution in [0.3, 0.4) is 0 Å². The average Bonchev–Trinajstić information content (AvgIpc) is 3.00. The van der Waals surface area contributed by atoms with Crippen LogP contribution in [0.2, 0.25) is 0 Å². The third kappa shape index (κ3) is 3.93. The lowest BCUT2D eigenvalue weighted by atomic mass is 9.99. The molecule has 1 heterocycles. The van der Waals surface area contributed by atoms with E-state index in [0.717, 1.165) is 19.3 Å². The predicted molar refractivity (Wildman–Crippen MR) is 81.9 cm³/mol. The first-order chi connectivity index (χ1) is 10.1. The molecule has 0 spiro atoms. The van der Waals surface area contributed by atoms with Crippen LogP contribution in [0.25, 0.3) is 0 Å². The number of anilines is 1. The minimum atomic E-state index is -0.568. The molecular weight excluding hydrogens is 269 g/mol. The molecule has 1 amide bonds. The van der Waals surface area contributed by atoms with E-state index in [1.165, 1.54) is 25.1 Å². The molecule has 1 unspecified atom stereocenters. The second-order valence-electron chi connectivity index (χ2n) is 5.75. The molecule has 1 aliphatic rings. The van der Waals surface area contributed by atoms with Crippen molar-refractivity contribution >= 4 is 11.7 Å². The zero-order chi connectivity index (χ0) is 15.2. The van der Waals surface area contributed by atoms with E-state index in [1.54, 1.807) is 0 Å². The minimum absolute atomic E-state index is 0.0634. The molecule has 0 bridgehead atoms. The lowest BCUT2D eigenvalue weighted by molar-refractivity contribution is 0.0923. The van der Waals surface area contributed by atoms with Gasteiger partial charge in [-0.2, -0.15) is 0 Å². The molecule has 1 aromatic heterocycles. The lowest BCUT2D eigenvalue weighted by Gasteiger charge is -2.20. The van der Waals surface area contributed by atoms with Crippen molar-refractivity contribution in [3.05, 3.63) is 23.6 Å². The van der Waals surface area contributed by atoms with E-state index in [1.807, 2.05) is 13.8 Å². The van der Waals surface area contributed by atoms with Gasteiger partial charge in [-0.15, -0.1) is 0 Å². The highest BCUT2D eigenvalue weighted by Crippen LogP contribution is 2.27. The van der Waals surface area contributed by atoms with Crippen molar-refractivity contribution in [1.29, 1.82) is 0 Å². The number of aromatic nitrogens is 1. The molecule has 1 aromatic rings. The molecule has 0 aliphatic heterocycles. The van der Waals surface area contributed by atoms with Gasteiger partial charge < -0.3 is 10.6 Å². The molecule has 21 heavy (non-hydrogen) atoms. The highest BCUT2D eigenvalue weighted by molar-refractivity contribution is 5.95. The van der Waals surface area contributed by atoms with Crippen molar-refractivity contribution in [2.75, 3.05) is 11.9 Å². The Morgan fingerprint density at radius 1 is 1.48 bits per heavy atom. The van der Waals surface area contributed by atoms with Gasteiger partial charge in [0.2, 0.25) is 0 Å². The van der Waals surface area contributed by atoms with Crippen LogP contribution in [0.4, 0.5) is 10.2 Å². The molecule has 1 aliphatic carbocycles. The number of rotatable bonds is 6. The fourth-order valence-corrected chi connectivity index (χ4v) is 2.85. The van der Waals surface area contributed by atoms with E-state index >= 15 is 0 Å². The van der Waals surface area contributed by atoms with Gasteiger partial charge in [0.15, 0.2) is 11.6 Å². The first kappa shape index (κ1) is 15.7. The third-order valence-electron chi connectivity index (χ3n) is 4.14. The van der Waals surface area contributed by atoms with Crippen LogP contribution in [-0.2, 0) is 0 Å². The van der Waals surface area contributed by atoms with Gasteiger partial charge in [0.25, 0.3) is 5.91 Å². The number of halogens is 1. The Hall–Kier alpha value is -1.65. The van der Waals surface area contributed by atoms with Gasteiger partial charge in [0.05, 0.1) is 5.56 Å². The fourth-order valence-electron chi connectivity index (χ4n) is 2.85. The summed E-state index contributed by atoms with van der Waals surface area (Å²) in [6, 6.07) is 1.52. The topological polar surface area (TPSA) is 54.0 Å². The number of amides is 1. The molecule has 4 nitrogen and oxygen atoms in total. The van der Waals surface area contributed by atoms with Gasteiger partial charge in [0, 0.05) is 18.8 Å². The summed E-state index contributed by atoms with van der Waals surface area (Å²) in [5, 5.41) is 5.83. The van der Waals surface area contributed by atoms with Gasteiger partial charge in [-0.1, -0.05) is 19.8 Å². The van der Waals surface area contributed by atoms with Crippen LogP contribution >= 0.6 is 0 Å². The van der Waals surface area contributed by atoms with Crippen LogP contribution in [0.15, 0.2) is 12.3 Å². The molecule has 5 heteroatoms. The molecule has 0 aromatic carbocycles. The van der Waals surface area contributed by atoms with Crippen LogP contribution in [0, 0.1) is 11.7 Å². The summed E-state index contributed by atoms with van der Waals surface area (Å²) in [6.07, 6.45) is 7.07. The summed E-state index contributed by atoms with van der Waals surface area (Å²) < 4.78 is 14.3. The summed E-state index contributed by atoms with van der Waals surface area (Å²) in [5.74, 6) is -0.259. The number of carbonyl (C=O) groups is 1. The monoisotopic (exact) mass is 293 g/mol. The number of pyridine rings is 1. The van der Waals surface area contributed by atoms with Crippen molar-refractivity contribution in [3.63, 3.8) is 0 Å². The number of nitrogens with one attached hydrogen (secondary N) is 2. The van der Waals surface area contributed by atoms with Gasteiger partial charge in [0.1, 0.15) is 0 Å². The summed E-state index contributed by atoms with van der Waals surface area (Å²) in [7, 11) is 0. The van der Waals surface area contributed by atoms with E-state index in [4.69, 9.17) is 0 Å². The van der Waals surface area contributed by atoms with Crippen LogP contribution < -0.4 is 10.6 Å². The zero-order valence-electron chi connectivity index (χ0n) is 12.8. The smallest absolute Gasteiger partial charge is 0.254 e. The maximum Gasteiger partial charge on any atom is 0.254 e. The molecule has 116 valence electrons. The maximum atomic E-state index is 14.3. The van der Waals surface area contributed by atoms with Crippen molar-refractivity contribution in [3.8, 4) is 0 Å². The largest absolute Gasteiger partial charge is 0.368 e. The highest BCUT2D eigenvalue weighted by Gasteiger charge is 2.24. The van der Waals surface area contributed by atoms with Gasteiger partial charge >= 0.3 is 0 Å². The lowest BCUT2D eigenvalue weighted by Crippen LogP contribution is -2.37. The molecule has 0 radical (unpaired) electrons. The summed E-state index contributed by atoms with van der Waals surface area (Å²) in [6.45, 7) is 4.63. The second kappa shape index (κ2) is 7.38. The third-order valence-corrected chi connectivity index (χ3v) is 4.14. The second-order valence-corrected chi connectivity index (χ2v) is 5.75. The van der Waals surface area contributed by atoms with Crippen LogP contribution in [-0.4, -0.2) is 23.5 Å². The maximum absolute atomic E-state index is 14.3. The average molecular weight is 293 g/mol. The summed E-state index contributed by atoms with van der Waals surface area (Å²) >= 11 is 0. The number of hydrogen-bond donors (Lipinski definition) is 2. The SMILES string of the molecule is CCCNc1nccc(C(=O)NC(C)C2CCCC2)c1F. The van der Waals surface area contributed by atoms with E-state index in [2.05, 4.69) is 15.6 Å². The summed E-state index contributed by atoms with van der Waals surface area (Å²) in [5.41, 5.74) is 0.0634. The first-order valence-corrected chi connectivity index (χ1v) is 7.82. The zero-order valence-corrected chi connectivity index (χ0v) is 12.8. The van der Waals surface area contributed by atoms with Crippen LogP contribution in [0.5, 0.6) is 0 Å². The Labute approximate surface area is 125 Å². The first-order valence-electron chi connectivity index (χ1n) is 7.82. The number of hydrogen-bond acceptors (Lipinski definition) is 3.